The third kappa shape index (κ3) is 1.41. The normalized spacial score (nSPS) is 12.5. The van der Waals surface area contributed by atoms with Gasteiger partial charge in [-0.15, -0.1) is 0 Å². The molecule has 0 saturated carbocycles. The van der Waals surface area contributed by atoms with E-state index in [-0.39, 0.29) is 0 Å². The fourth-order valence-corrected chi connectivity index (χ4v) is 3.99. The van der Waals surface area contributed by atoms with Crippen LogP contribution in [0.2, 0.25) is 0 Å². The van der Waals surface area contributed by atoms with Crippen LogP contribution in [0.1, 0.15) is 0 Å². The summed E-state index contributed by atoms with van der Waals surface area (Å²) in [5.74, 6) is 1.86. The molecule has 0 spiro atoms. The molecule has 1 aromatic heterocycles. The van der Waals surface area contributed by atoms with Crippen LogP contribution in [-0.2, 0) is 0 Å². The van der Waals surface area contributed by atoms with E-state index in [1.54, 1.807) is 0 Å². The summed E-state index contributed by atoms with van der Waals surface area (Å²) in [6.07, 6.45) is 0. The monoisotopic (exact) mass is 307 g/mol. The lowest BCUT2D eigenvalue weighted by Crippen LogP contribution is -1.96. The molecule has 0 unspecified atom stereocenters. The van der Waals surface area contributed by atoms with Crippen molar-refractivity contribution in [3.8, 4) is 22.6 Å². The second kappa shape index (κ2) is 4.18. The minimum Gasteiger partial charge on any atom is -0.456 e. The zero-order chi connectivity index (χ0) is 15.7. The second-order valence-electron chi connectivity index (χ2n) is 6.29. The molecule has 0 saturated heterocycles. The number of benzene rings is 4. The van der Waals surface area contributed by atoms with Crippen LogP contribution in [0.25, 0.3) is 43.7 Å². The van der Waals surface area contributed by atoms with E-state index in [9.17, 15) is 0 Å². The molecule has 0 aliphatic carbocycles. The van der Waals surface area contributed by atoms with Crippen LogP contribution < -0.4 is 4.74 Å². The van der Waals surface area contributed by atoms with Crippen molar-refractivity contribution < 1.29 is 4.74 Å². The van der Waals surface area contributed by atoms with Gasteiger partial charge in [-0.25, -0.2) is 0 Å². The number of para-hydroxylation sites is 2. The second-order valence-corrected chi connectivity index (χ2v) is 6.29. The molecule has 24 heavy (non-hydrogen) atoms. The minimum atomic E-state index is 0.924. The SMILES string of the molecule is c1ccc2c(c1)Oc1cccc3c1c-2cc1[nH]c2ccccc2c13. The first kappa shape index (κ1) is 12.2. The Morgan fingerprint density at radius 2 is 1.38 bits per heavy atom. The highest BCUT2D eigenvalue weighted by molar-refractivity contribution is 6.25. The van der Waals surface area contributed by atoms with Gasteiger partial charge in [0, 0.05) is 32.8 Å². The summed E-state index contributed by atoms with van der Waals surface area (Å²) >= 11 is 0. The van der Waals surface area contributed by atoms with Crippen molar-refractivity contribution in [3.05, 3.63) is 72.8 Å². The molecular formula is C22H13NO. The molecule has 5 aromatic rings. The quantitative estimate of drug-likeness (QED) is 0.352. The van der Waals surface area contributed by atoms with Gasteiger partial charge >= 0.3 is 0 Å². The van der Waals surface area contributed by atoms with Gasteiger partial charge in [0.15, 0.2) is 0 Å². The van der Waals surface area contributed by atoms with Crippen molar-refractivity contribution in [1.82, 2.24) is 4.98 Å². The van der Waals surface area contributed by atoms with E-state index >= 15 is 0 Å². The summed E-state index contributed by atoms with van der Waals surface area (Å²) in [7, 11) is 0. The minimum absolute atomic E-state index is 0.924. The molecule has 6 rings (SSSR count). The van der Waals surface area contributed by atoms with Crippen LogP contribution in [-0.4, -0.2) is 4.98 Å². The van der Waals surface area contributed by atoms with Gasteiger partial charge in [-0.3, -0.25) is 0 Å². The average Bonchev–Trinajstić information content (AvgIpc) is 3.00. The first-order chi connectivity index (χ1) is 11.9. The number of nitrogens with one attached hydrogen (secondary N) is 1. The molecule has 0 amide bonds. The van der Waals surface area contributed by atoms with Gasteiger partial charge in [-0.05, 0) is 35.2 Å². The van der Waals surface area contributed by atoms with Crippen molar-refractivity contribution in [2.24, 2.45) is 0 Å². The molecule has 0 bridgehead atoms. The number of hydrogen-bond donors (Lipinski definition) is 1. The lowest BCUT2D eigenvalue weighted by atomic mass is 9.92. The largest absolute Gasteiger partial charge is 0.456 e. The summed E-state index contributed by atoms with van der Waals surface area (Å²) in [5, 5.41) is 4.98. The maximum absolute atomic E-state index is 6.18. The highest BCUT2D eigenvalue weighted by Crippen LogP contribution is 2.49. The Morgan fingerprint density at radius 1 is 0.583 bits per heavy atom. The van der Waals surface area contributed by atoms with Crippen LogP contribution in [0, 0.1) is 0 Å². The molecule has 0 atom stereocenters. The van der Waals surface area contributed by atoms with Crippen LogP contribution in [0.15, 0.2) is 72.8 Å². The zero-order valence-electron chi connectivity index (χ0n) is 12.8. The van der Waals surface area contributed by atoms with E-state index in [0.717, 1.165) is 17.1 Å². The molecule has 0 fully saturated rings. The van der Waals surface area contributed by atoms with Gasteiger partial charge in [0.25, 0.3) is 0 Å². The van der Waals surface area contributed by atoms with Crippen molar-refractivity contribution in [3.63, 3.8) is 0 Å². The number of ether oxygens (including phenoxy) is 1. The van der Waals surface area contributed by atoms with Gasteiger partial charge < -0.3 is 9.72 Å². The van der Waals surface area contributed by atoms with Crippen LogP contribution in [0.5, 0.6) is 11.5 Å². The molecule has 112 valence electrons. The Balaban J connectivity index is 1.91. The van der Waals surface area contributed by atoms with E-state index < -0.39 is 0 Å². The smallest absolute Gasteiger partial charge is 0.135 e. The van der Waals surface area contributed by atoms with Crippen molar-refractivity contribution in [2.45, 2.75) is 0 Å². The van der Waals surface area contributed by atoms with Gasteiger partial charge in [0.2, 0.25) is 0 Å². The van der Waals surface area contributed by atoms with Gasteiger partial charge in [0.05, 0.1) is 0 Å². The van der Waals surface area contributed by atoms with E-state index in [4.69, 9.17) is 4.74 Å². The summed E-state index contributed by atoms with van der Waals surface area (Å²) in [4.78, 5) is 3.58. The predicted octanol–water partition coefficient (Wildman–Crippen LogP) is 6.25. The number of aromatic amines is 1. The third-order valence-corrected chi connectivity index (χ3v) is 4.99. The Bertz CT molecular complexity index is 1280. The fraction of sp³-hybridized carbons (Fsp3) is 0. The van der Waals surface area contributed by atoms with E-state index in [0.29, 0.717) is 0 Å². The van der Waals surface area contributed by atoms with Gasteiger partial charge in [-0.2, -0.15) is 0 Å². The van der Waals surface area contributed by atoms with E-state index in [2.05, 4.69) is 65.6 Å². The van der Waals surface area contributed by atoms with Crippen molar-refractivity contribution in [2.75, 3.05) is 0 Å². The highest BCUT2D eigenvalue weighted by Gasteiger charge is 2.22. The molecule has 0 radical (unpaired) electrons. The maximum atomic E-state index is 6.18. The average molecular weight is 307 g/mol. The van der Waals surface area contributed by atoms with Crippen molar-refractivity contribution >= 4 is 32.6 Å². The third-order valence-electron chi connectivity index (χ3n) is 4.99. The first-order valence-electron chi connectivity index (χ1n) is 8.13. The molecule has 4 aromatic carbocycles. The standard InChI is InChI=1S/C22H13NO/c1-3-9-17-14(7-1)21-15-8-5-11-20-22(15)16(12-18(21)23-17)13-6-2-4-10-19(13)24-20/h1-12,23H. The van der Waals surface area contributed by atoms with Crippen molar-refractivity contribution in [1.29, 1.82) is 0 Å². The molecular weight excluding hydrogens is 294 g/mol. The number of fused-ring (bicyclic) bond motifs is 6. The van der Waals surface area contributed by atoms with Crippen LogP contribution in [0.3, 0.4) is 0 Å². The summed E-state index contributed by atoms with van der Waals surface area (Å²) in [5.41, 5.74) is 4.74. The Kier molecular flexibility index (Phi) is 2.12. The van der Waals surface area contributed by atoms with E-state index in [1.165, 1.54) is 38.1 Å². The molecule has 1 aliphatic heterocycles. The Morgan fingerprint density at radius 3 is 2.38 bits per heavy atom. The summed E-state index contributed by atoms with van der Waals surface area (Å²) in [6.45, 7) is 0. The van der Waals surface area contributed by atoms with E-state index in [1.807, 2.05) is 12.1 Å². The number of H-pyrrole nitrogens is 1. The molecule has 2 heteroatoms. The summed E-state index contributed by atoms with van der Waals surface area (Å²) < 4.78 is 6.18. The lowest BCUT2D eigenvalue weighted by molar-refractivity contribution is 0.487. The molecule has 1 aliphatic rings. The first-order valence-corrected chi connectivity index (χ1v) is 8.13. The lowest BCUT2D eigenvalue weighted by Gasteiger charge is -2.21. The Hall–Kier alpha value is -3.26. The number of hydrogen-bond acceptors (Lipinski definition) is 1. The summed E-state index contributed by atoms with van der Waals surface area (Å²) in [6, 6.07) is 25.3. The van der Waals surface area contributed by atoms with Crippen LogP contribution in [0.4, 0.5) is 0 Å². The Labute approximate surface area is 138 Å². The number of aromatic nitrogens is 1. The van der Waals surface area contributed by atoms with Gasteiger partial charge in [0.1, 0.15) is 11.5 Å². The maximum Gasteiger partial charge on any atom is 0.135 e. The zero-order valence-corrected chi connectivity index (χ0v) is 12.8. The van der Waals surface area contributed by atoms with Gasteiger partial charge in [-0.1, -0.05) is 48.5 Å². The molecule has 2 nitrogen and oxygen atoms in total. The highest BCUT2D eigenvalue weighted by atomic mass is 16.5. The van der Waals surface area contributed by atoms with Crippen LogP contribution >= 0.6 is 0 Å². The predicted molar refractivity (Wildman–Crippen MR) is 98.8 cm³/mol. The molecule has 1 N–H and O–H groups in total. The fourth-order valence-electron chi connectivity index (χ4n) is 3.99. The topological polar surface area (TPSA) is 25.0 Å². The number of rotatable bonds is 0. The molecule has 2 heterocycles.